The van der Waals surface area contributed by atoms with E-state index >= 15 is 0 Å². The van der Waals surface area contributed by atoms with Gasteiger partial charge in [0.1, 0.15) is 5.75 Å². The Morgan fingerprint density at radius 3 is 2.52 bits per heavy atom. The number of ether oxygens (including phenoxy) is 1. The minimum absolute atomic E-state index is 0.0565. The predicted molar refractivity (Wildman–Crippen MR) is 111 cm³/mol. The van der Waals surface area contributed by atoms with Crippen LogP contribution in [0.4, 0.5) is 5.69 Å². The van der Waals surface area contributed by atoms with E-state index in [4.69, 9.17) is 4.74 Å². The molecule has 29 heavy (non-hydrogen) atoms. The molecule has 0 aliphatic carbocycles. The summed E-state index contributed by atoms with van der Waals surface area (Å²) in [4.78, 5) is 12.6. The number of carbonyl (C=O) groups is 1. The quantitative estimate of drug-likeness (QED) is 0.745. The van der Waals surface area contributed by atoms with Crippen molar-refractivity contribution in [1.29, 1.82) is 0 Å². The molecule has 3 rings (SSSR count). The van der Waals surface area contributed by atoms with E-state index in [-0.39, 0.29) is 34.5 Å². The SMILES string of the molecule is CC(C)Oc1ccccc1NC(=O)c1cccc(S(=O)(=O)[C@H]2CCS(=O)(=O)C2)c1. The van der Waals surface area contributed by atoms with Crippen LogP contribution in [0.5, 0.6) is 5.75 Å². The molecule has 1 aliphatic rings. The van der Waals surface area contributed by atoms with Crippen molar-refractivity contribution in [2.24, 2.45) is 0 Å². The highest BCUT2D eigenvalue weighted by Gasteiger charge is 2.38. The van der Waals surface area contributed by atoms with Crippen LogP contribution in [-0.4, -0.2) is 45.6 Å². The molecular weight excluding hydrogens is 414 g/mol. The maximum Gasteiger partial charge on any atom is 0.255 e. The van der Waals surface area contributed by atoms with E-state index < -0.39 is 30.8 Å². The highest BCUT2D eigenvalue weighted by Crippen LogP contribution is 2.28. The van der Waals surface area contributed by atoms with E-state index in [1.54, 1.807) is 24.3 Å². The molecule has 1 aliphatic heterocycles. The Hall–Kier alpha value is -2.39. The summed E-state index contributed by atoms with van der Waals surface area (Å²) < 4.78 is 54.6. The van der Waals surface area contributed by atoms with Crippen molar-refractivity contribution >= 4 is 31.3 Å². The van der Waals surface area contributed by atoms with Crippen molar-refractivity contribution in [3.8, 4) is 5.75 Å². The first-order valence-corrected chi connectivity index (χ1v) is 12.6. The van der Waals surface area contributed by atoms with Crippen LogP contribution in [0.25, 0.3) is 0 Å². The molecule has 7 nitrogen and oxygen atoms in total. The summed E-state index contributed by atoms with van der Waals surface area (Å²) in [5.41, 5.74) is 0.632. The van der Waals surface area contributed by atoms with Gasteiger partial charge in [-0.15, -0.1) is 0 Å². The number of sulfone groups is 2. The molecule has 0 aromatic heterocycles. The van der Waals surface area contributed by atoms with E-state index in [1.165, 1.54) is 24.3 Å². The molecule has 2 aromatic carbocycles. The molecule has 0 saturated carbocycles. The van der Waals surface area contributed by atoms with Gasteiger partial charge in [0.15, 0.2) is 19.7 Å². The Kier molecular flexibility index (Phi) is 6.00. The second-order valence-electron chi connectivity index (χ2n) is 7.21. The van der Waals surface area contributed by atoms with Gasteiger partial charge in [-0.1, -0.05) is 18.2 Å². The van der Waals surface area contributed by atoms with Gasteiger partial charge in [-0.25, -0.2) is 16.8 Å². The Morgan fingerprint density at radius 2 is 1.86 bits per heavy atom. The smallest absolute Gasteiger partial charge is 0.255 e. The van der Waals surface area contributed by atoms with Crippen molar-refractivity contribution < 1.29 is 26.4 Å². The van der Waals surface area contributed by atoms with E-state index in [0.29, 0.717) is 11.4 Å². The van der Waals surface area contributed by atoms with Crippen LogP contribution in [-0.2, 0) is 19.7 Å². The van der Waals surface area contributed by atoms with Crippen molar-refractivity contribution in [2.75, 3.05) is 16.8 Å². The first kappa shape index (κ1) is 21.3. The maximum atomic E-state index is 12.8. The second-order valence-corrected chi connectivity index (χ2v) is 11.7. The molecule has 1 heterocycles. The van der Waals surface area contributed by atoms with Crippen LogP contribution in [0.1, 0.15) is 30.6 Å². The first-order valence-electron chi connectivity index (χ1n) is 9.20. The lowest BCUT2D eigenvalue weighted by atomic mass is 10.2. The zero-order chi connectivity index (χ0) is 21.2. The molecule has 1 fully saturated rings. The average molecular weight is 438 g/mol. The molecule has 1 N–H and O–H groups in total. The molecule has 1 atom stereocenters. The Morgan fingerprint density at radius 1 is 1.14 bits per heavy atom. The van der Waals surface area contributed by atoms with Crippen LogP contribution in [0, 0.1) is 0 Å². The molecule has 1 amide bonds. The van der Waals surface area contributed by atoms with Crippen molar-refractivity contribution in [2.45, 2.75) is 36.5 Å². The van der Waals surface area contributed by atoms with Crippen LogP contribution in [0.15, 0.2) is 53.4 Å². The number of nitrogens with one attached hydrogen (secondary N) is 1. The third-order valence-corrected chi connectivity index (χ3v) is 8.72. The number of para-hydroxylation sites is 2. The van der Waals surface area contributed by atoms with Gasteiger partial charge < -0.3 is 10.1 Å². The van der Waals surface area contributed by atoms with Gasteiger partial charge in [0.2, 0.25) is 0 Å². The maximum absolute atomic E-state index is 12.8. The third kappa shape index (κ3) is 4.97. The number of anilines is 1. The molecule has 0 unspecified atom stereocenters. The Labute approximate surface area is 170 Å². The van der Waals surface area contributed by atoms with Gasteiger partial charge in [0.05, 0.1) is 33.4 Å². The van der Waals surface area contributed by atoms with Crippen molar-refractivity contribution in [3.63, 3.8) is 0 Å². The van der Waals surface area contributed by atoms with Gasteiger partial charge in [-0.3, -0.25) is 4.79 Å². The van der Waals surface area contributed by atoms with Gasteiger partial charge in [0.25, 0.3) is 5.91 Å². The molecule has 1 saturated heterocycles. The fourth-order valence-electron chi connectivity index (χ4n) is 3.13. The van der Waals surface area contributed by atoms with Crippen LogP contribution in [0.2, 0.25) is 0 Å². The Bertz CT molecular complexity index is 1120. The monoisotopic (exact) mass is 437 g/mol. The van der Waals surface area contributed by atoms with Crippen LogP contribution in [0.3, 0.4) is 0 Å². The largest absolute Gasteiger partial charge is 0.489 e. The summed E-state index contributed by atoms with van der Waals surface area (Å²) in [7, 11) is -7.19. The molecule has 9 heteroatoms. The summed E-state index contributed by atoms with van der Waals surface area (Å²) in [6.45, 7) is 3.74. The third-order valence-electron chi connectivity index (χ3n) is 4.55. The number of amides is 1. The minimum atomic E-state index is -3.85. The lowest BCUT2D eigenvalue weighted by Crippen LogP contribution is -2.23. The fourth-order valence-corrected chi connectivity index (χ4v) is 7.54. The molecule has 0 bridgehead atoms. The molecule has 156 valence electrons. The summed E-state index contributed by atoms with van der Waals surface area (Å²) in [6.07, 6.45) is -0.00899. The topological polar surface area (TPSA) is 107 Å². The minimum Gasteiger partial charge on any atom is -0.489 e. The molecular formula is C20H23NO6S2. The second kappa shape index (κ2) is 8.16. The standard InChI is InChI=1S/C20H23NO6S2/c1-14(2)27-19-9-4-3-8-18(19)21-20(22)15-6-5-7-16(12-15)29(25,26)17-10-11-28(23,24)13-17/h3-9,12,14,17H,10-11,13H2,1-2H3,(H,21,22)/t17-/m0/s1. The lowest BCUT2D eigenvalue weighted by Gasteiger charge is -2.15. The zero-order valence-corrected chi connectivity index (χ0v) is 17.8. The lowest BCUT2D eigenvalue weighted by molar-refractivity contribution is 0.102. The van der Waals surface area contributed by atoms with Crippen LogP contribution < -0.4 is 10.1 Å². The van der Waals surface area contributed by atoms with Gasteiger partial charge in [0, 0.05) is 5.56 Å². The van der Waals surface area contributed by atoms with E-state index in [0.717, 1.165) is 0 Å². The van der Waals surface area contributed by atoms with E-state index in [9.17, 15) is 21.6 Å². The molecule has 0 radical (unpaired) electrons. The Balaban J connectivity index is 1.84. The number of benzene rings is 2. The predicted octanol–water partition coefficient (Wildman–Crippen LogP) is 2.69. The highest BCUT2D eigenvalue weighted by molar-refractivity contribution is 7.96. The summed E-state index contributed by atoms with van der Waals surface area (Å²) in [5, 5.41) is 1.76. The van der Waals surface area contributed by atoms with E-state index in [2.05, 4.69) is 5.32 Å². The highest BCUT2D eigenvalue weighted by atomic mass is 32.2. The summed E-state index contributed by atoms with van der Waals surface area (Å²) in [5.74, 6) is -0.494. The summed E-state index contributed by atoms with van der Waals surface area (Å²) in [6, 6.07) is 12.6. The van der Waals surface area contributed by atoms with Crippen LogP contribution >= 0.6 is 0 Å². The van der Waals surface area contributed by atoms with E-state index in [1.807, 2.05) is 13.8 Å². The van der Waals surface area contributed by atoms with Crippen molar-refractivity contribution in [1.82, 2.24) is 0 Å². The zero-order valence-electron chi connectivity index (χ0n) is 16.2. The summed E-state index contributed by atoms with van der Waals surface area (Å²) >= 11 is 0. The number of carbonyl (C=O) groups excluding carboxylic acids is 1. The molecule has 2 aromatic rings. The average Bonchev–Trinajstić information content (AvgIpc) is 3.03. The number of rotatable bonds is 6. The molecule has 0 spiro atoms. The van der Waals surface area contributed by atoms with Gasteiger partial charge in [-0.2, -0.15) is 0 Å². The fraction of sp³-hybridized carbons (Fsp3) is 0.350. The van der Waals surface area contributed by atoms with Gasteiger partial charge >= 0.3 is 0 Å². The van der Waals surface area contributed by atoms with Crippen molar-refractivity contribution in [3.05, 3.63) is 54.1 Å². The number of hydrogen-bond donors (Lipinski definition) is 1. The first-order chi connectivity index (χ1) is 13.6. The van der Waals surface area contributed by atoms with Gasteiger partial charge in [-0.05, 0) is 50.6 Å². The normalized spacial score (nSPS) is 18.5. The number of hydrogen-bond acceptors (Lipinski definition) is 6.